The van der Waals surface area contributed by atoms with Gasteiger partial charge in [-0.2, -0.15) is 4.98 Å². The van der Waals surface area contributed by atoms with Crippen LogP contribution in [0.15, 0.2) is 47.4 Å². The number of carbonyl (C=O) groups excluding carboxylic acids is 1. The Hall–Kier alpha value is -3.62. The molecule has 9 nitrogen and oxygen atoms in total. The molecule has 0 saturated heterocycles. The molecule has 3 aromatic heterocycles. The molecular weight excluding hydrogens is 322 g/mol. The van der Waals surface area contributed by atoms with E-state index in [1.54, 1.807) is 11.1 Å². The number of hydrogen-bond acceptors (Lipinski definition) is 7. The van der Waals surface area contributed by atoms with Gasteiger partial charge in [-0.15, -0.1) is 0 Å². The van der Waals surface area contributed by atoms with Crippen LogP contribution >= 0.6 is 0 Å². The quantitative estimate of drug-likeness (QED) is 0.548. The molecule has 0 fully saturated rings. The Balaban J connectivity index is 1.50. The summed E-state index contributed by atoms with van der Waals surface area (Å²) in [5, 5.41) is 3.81. The van der Waals surface area contributed by atoms with E-state index in [4.69, 9.17) is 4.52 Å². The first-order chi connectivity index (χ1) is 12.3. The second-order valence-corrected chi connectivity index (χ2v) is 5.52. The number of imidazole rings is 1. The lowest BCUT2D eigenvalue weighted by Gasteiger charge is -2.10. The molecule has 1 aromatic carbocycles. The molecule has 0 aliphatic carbocycles. The van der Waals surface area contributed by atoms with E-state index in [0.29, 0.717) is 24.7 Å². The zero-order valence-corrected chi connectivity index (χ0v) is 12.9. The van der Waals surface area contributed by atoms with Gasteiger partial charge in [-0.3, -0.25) is 14.7 Å². The lowest BCUT2D eigenvalue weighted by molar-refractivity contribution is 0.0946. The van der Waals surface area contributed by atoms with Crippen molar-refractivity contribution in [3.63, 3.8) is 0 Å². The molecule has 0 bridgehead atoms. The Morgan fingerprint density at radius 3 is 2.92 bits per heavy atom. The highest BCUT2D eigenvalue weighted by Crippen LogP contribution is 2.28. The molecule has 0 radical (unpaired) electrons. The van der Waals surface area contributed by atoms with Crippen LogP contribution in [0.1, 0.15) is 10.7 Å². The highest BCUT2D eigenvalue weighted by Gasteiger charge is 2.32. The third-order valence-electron chi connectivity index (χ3n) is 4.07. The molecule has 1 aliphatic rings. The van der Waals surface area contributed by atoms with E-state index in [1.165, 1.54) is 12.4 Å². The minimum absolute atomic E-state index is 0.0961. The average Bonchev–Trinajstić information content (AvgIpc) is 3.37. The first-order valence-corrected chi connectivity index (χ1v) is 7.68. The van der Waals surface area contributed by atoms with Crippen molar-refractivity contribution in [1.29, 1.82) is 0 Å². The van der Waals surface area contributed by atoms with Gasteiger partial charge in [0, 0.05) is 25.5 Å². The highest BCUT2D eigenvalue weighted by atomic mass is 16.5. The summed E-state index contributed by atoms with van der Waals surface area (Å²) in [6.45, 7) is 1.18. The topological polar surface area (TPSA) is 103 Å². The maximum absolute atomic E-state index is 12.8. The fourth-order valence-corrected chi connectivity index (χ4v) is 2.93. The zero-order chi connectivity index (χ0) is 16.8. The minimum Gasteiger partial charge on any atom is -0.328 e. The van der Waals surface area contributed by atoms with E-state index < -0.39 is 0 Å². The molecule has 4 aromatic rings. The molecule has 0 unspecified atom stereocenters. The Labute approximate surface area is 141 Å². The van der Waals surface area contributed by atoms with Crippen molar-refractivity contribution in [3.8, 4) is 11.5 Å². The smallest absolute Gasteiger partial charge is 0.319 e. The number of hydrogen-bond donors (Lipinski definition) is 0. The number of carbonyl (C=O) groups is 1. The monoisotopic (exact) mass is 333 g/mol. The normalized spacial score (nSPS) is 13.4. The molecule has 9 heteroatoms. The molecule has 0 saturated carbocycles. The van der Waals surface area contributed by atoms with Gasteiger partial charge in [0.15, 0.2) is 0 Å². The Kier molecular flexibility index (Phi) is 2.87. The molecule has 1 aliphatic heterocycles. The van der Waals surface area contributed by atoms with E-state index in [1.807, 2.05) is 28.8 Å². The van der Waals surface area contributed by atoms with Gasteiger partial charge in [-0.25, -0.2) is 9.97 Å². The highest BCUT2D eigenvalue weighted by molar-refractivity contribution is 6.03. The van der Waals surface area contributed by atoms with Gasteiger partial charge in [0.05, 0.1) is 17.2 Å². The standard InChI is InChI=1S/C16H11N7O2/c24-15(14-20-13(21-25-14)11-9-17-5-6-18-11)23-8-7-22-12-4-2-1-3-10(12)19-16(22)23/h1-6,9H,7-8H2. The van der Waals surface area contributed by atoms with Gasteiger partial charge in [0.25, 0.3) is 0 Å². The number of benzene rings is 1. The fourth-order valence-electron chi connectivity index (χ4n) is 2.93. The van der Waals surface area contributed by atoms with Crippen molar-refractivity contribution < 1.29 is 9.32 Å². The summed E-state index contributed by atoms with van der Waals surface area (Å²) in [5.74, 6) is 0.340. The summed E-state index contributed by atoms with van der Waals surface area (Å²) in [6, 6.07) is 7.77. The lowest BCUT2D eigenvalue weighted by Crippen LogP contribution is -2.29. The van der Waals surface area contributed by atoms with E-state index in [9.17, 15) is 4.79 Å². The number of aromatic nitrogens is 6. The van der Waals surface area contributed by atoms with Crippen LogP contribution in [0, 0.1) is 0 Å². The summed E-state index contributed by atoms with van der Waals surface area (Å²) < 4.78 is 7.13. The molecule has 1 amide bonds. The van der Waals surface area contributed by atoms with Gasteiger partial charge in [0.1, 0.15) is 5.69 Å². The average molecular weight is 333 g/mol. The van der Waals surface area contributed by atoms with Crippen LogP contribution in [0.2, 0.25) is 0 Å². The van der Waals surface area contributed by atoms with E-state index in [-0.39, 0.29) is 17.6 Å². The Morgan fingerprint density at radius 2 is 2.04 bits per heavy atom. The number of rotatable bonds is 2. The van der Waals surface area contributed by atoms with E-state index >= 15 is 0 Å². The van der Waals surface area contributed by atoms with Crippen molar-refractivity contribution in [2.75, 3.05) is 11.4 Å². The molecule has 5 rings (SSSR count). The summed E-state index contributed by atoms with van der Waals surface area (Å²) in [4.78, 5) is 31.1. The van der Waals surface area contributed by atoms with Gasteiger partial charge >= 0.3 is 11.8 Å². The maximum Gasteiger partial charge on any atom is 0.319 e. The van der Waals surface area contributed by atoms with Crippen LogP contribution < -0.4 is 4.90 Å². The predicted octanol–water partition coefficient (Wildman–Crippen LogP) is 1.54. The molecule has 25 heavy (non-hydrogen) atoms. The largest absolute Gasteiger partial charge is 0.328 e. The third kappa shape index (κ3) is 2.09. The number of fused-ring (bicyclic) bond motifs is 3. The van der Waals surface area contributed by atoms with Crippen molar-refractivity contribution in [3.05, 3.63) is 48.7 Å². The van der Waals surface area contributed by atoms with Gasteiger partial charge < -0.3 is 9.09 Å². The number of nitrogens with zero attached hydrogens (tertiary/aromatic N) is 7. The van der Waals surface area contributed by atoms with Crippen LogP contribution in [0.5, 0.6) is 0 Å². The molecule has 0 N–H and O–H groups in total. The van der Waals surface area contributed by atoms with Crippen LogP contribution in [0.25, 0.3) is 22.6 Å². The Morgan fingerprint density at radius 1 is 1.12 bits per heavy atom. The summed E-state index contributed by atoms with van der Waals surface area (Å²) in [6.07, 6.45) is 4.58. The third-order valence-corrected chi connectivity index (χ3v) is 4.07. The van der Waals surface area contributed by atoms with E-state index in [2.05, 4.69) is 25.1 Å². The van der Waals surface area contributed by atoms with Gasteiger partial charge in [0.2, 0.25) is 11.8 Å². The number of anilines is 1. The SMILES string of the molecule is O=C(c1nc(-c2cnccn2)no1)N1CCn2c1nc1ccccc12. The molecule has 4 heterocycles. The second-order valence-electron chi connectivity index (χ2n) is 5.52. The fraction of sp³-hybridized carbons (Fsp3) is 0.125. The minimum atomic E-state index is -0.378. The van der Waals surface area contributed by atoms with Crippen LogP contribution in [-0.2, 0) is 6.54 Å². The van der Waals surface area contributed by atoms with E-state index in [0.717, 1.165) is 11.0 Å². The molecule has 0 atom stereocenters. The van der Waals surface area contributed by atoms with Crippen molar-refractivity contribution in [1.82, 2.24) is 29.7 Å². The predicted molar refractivity (Wildman–Crippen MR) is 86.7 cm³/mol. The summed E-state index contributed by atoms with van der Waals surface area (Å²) in [5.41, 5.74) is 2.29. The molecular formula is C16H11N7O2. The Bertz CT molecular complexity index is 1090. The number of para-hydroxylation sites is 2. The first-order valence-electron chi connectivity index (χ1n) is 7.68. The molecule has 122 valence electrons. The first kappa shape index (κ1) is 13.8. The lowest BCUT2D eigenvalue weighted by atomic mass is 10.3. The summed E-state index contributed by atoms with van der Waals surface area (Å²) in [7, 11) is 0. The van der Waals surface area contributed by atoms with Gasteiger partial charge in [-0.1, -0.05) is 17.3 Å². The molecule has 0 spiro atoms. The number of amides is 1. The zero-order valence-electron chi connectivity index (χ0n) is 12.9. The van der Waals surface area contributed by atoms with Crippen LogP contribution in [-0.4, -0.2) is 42.1 Å². The second kappa shape index (κ2) is 5.20. The van der Waals surface area contributed by atoms with Crippen molar-refractivity contribution in [2.24, 2.45) is 0 Å². The summed E-state index contributed by atoms with van der Waals surface area (Å²) >= 11 is 0. The van der Waals surface area contributed by atoms with Gasteiger partial charge in [-0.05, 0) is 12.1 Å². The van der Waals surface area contributed by atoms with Crippen LogP contribution in [0.4, 0.5) is 5.95 Å². The van der Waals surface area contributed by atoms with Crippen molar-refractivity contribution in [2.45, 2.75) is 6.54 Å². The maximum atomic E-state index is 12.8. The van der Waals surface area contributed by atoms with Crippen molar-refractivity contribution >= 4 is 22.9 Å². The van der Waals surface area contributed by atoms with Crippen LogP contribution in [0.3, 0.4) is 0 Å².